The maximum atomic E-state index is 13.2. The summed E-state index contributed by atoms with van der Waals surface area (Å²) in [6, 6.07) is 5.91. The van der Waals surface area contributed by atoms with Crippen LogP contribution >= 0.6 is 11.6 Å². The number of aromatic nitrogens is 6. The first-order valence-corrected chi connectivity index (χ1v) is 9.08. The first kappa shape index (κ1) is 17.6. The molecule has 9 nitrogen and oxygen atoms in total. The number of nitrogens with zero attached hydrogens (tertiary/aromatic N) is 7. The second kappa shape index (κ2) is 6.52. The molecule has 1 aliphatic heterocycles. The van der Waals surface area contributed by atoms with Crippen molar-refractivity contribution in [2.75, 3.05) is 30.8 Å². The van der Waals surface area contributed by atoms with Crippen molar-refractivity contribution in [1.82, 2.24) is 29.8 Å². The van der Waals surface area contributed by atoms with Gasteiger partial charge >= 0.3 is 0 Å². The summed E-state index contributed by atoms with van der Waals surface area (Å²) in [7, 11) is 1.90. The Balaban J connectivity index is 1.69. The van der Waals surface area contributed by atoms with E-state index in [4.69, 9.17) is 22.1 Å². The van der Waals surface area contributed by atoms with Gasteiger partial charge in [0, 0.05) is 12.6 Å². The van der Waals surface area contributed by atoms with E-state index in [1.165, 1.54) is 22.8 Å². The predicted molar refractivity (Wildman–Crippen MR) is 105 cm³/mol. The van der Waals surface area contributed by atoms with E-state index in [9.17, 15) is 4.39 Å². The molecule has 0 atom stereocenters. The SMILES string of the molecule is CN1CCOc2c1c(Cl)nn1c(-c3nc(-c4ccc(F)cc4)cnc3N)nnc21. The van der Waals surface area contributed by atoms with Gasteiger partial charge in [0.2, 0.25) is 11.5 Å². The summed E-state index contributed by atoms with van der Waals surface area (Å²) in [5.41, 5.74) is 8.59. The van der Waals surface area contributed by atoms with Crippen molar-refractivity contribution < 1.29 is 9.13 Å². The molecular weight excluding hydrogens is 399 g/mol. The van der Waals surface area contributed by atoms with Crippen LogP contribution in [0.15, 0.2) is 30.5 Å². The fourth-order valence-electron chi connectivity index (χ4n) is 3.18. The number of likely N-dealkylation sites (N-methyl/N-ethyl adjacent to an activating group) is 1. The van der Waals surface area contributed by atoms with Crippen molar-refractivity contribution >= 4 is 28.8 Å². The highest BCUT2D eigenvalue weighted by Gasteiger charge is 2.27. The van der Waals surface area contributed by atoms with Crippen LogP contribution in [0.25, 0.3) is 28.4 Å². The molecule has 11 heteroatoms. The van der Waals surface area contributed by atoms with E-state index >= 15 is 0 Å². The lowest BCUT2D eigenvalue weighted by Crippen LogP contribution is -2.30. The largest absolute Gasteiger partial charge is 0.486 e. The zero-order valence-corrected chi connectivity index (χ0v) is 15.9. The van der Waals surface area contributed by atoms with Crippen LogP contribution in [-0.2, 0) is 0 Å². The van der Waals surface area contributed by atoms with Gasteiger partial charge in [-0.3, -0.25) is 0 Å². The van der Waals surface area contributed by atoms with Crippen molar-refractivity contribution in [3.63, 3.8) is 0 Å². The number of rotatable bonds is 2. The van der Waals surface area contributed by atoms with E-state index in [2.05, 4.69) is 25.3 Å². The Morgan fingerprint density at radius 3 is 2.79 bits per heavy atom. The van der Waals surface area contributed by atoms with E-state index in [0.29, 0.717) is 41.5 Å². The van der Waals surface area contributed by atoms with Gasteiger partial charge in [-0.1, -0.05) is 11.6 Å². The van der Waals surface area contributed by atoms with Crippen LogP contribution in [0, 0.1) is 5.82 Å². The van der Waals surface area contributed by atoms with Crippen molar-refractivity contribution in [3.05, 3.63) is 41.4 Å². The lowest BCUT2D eigenvalue weighted by molar-refractivity contribution is 0.312. The molecule has 2 N–H and O–H groups in total. The number of anilines is 2. The maximum Gasteiger partial charge on any atom is 0.222 e. The molecule has 0 saturated carbocycles. The smallest absolute Gasteiger partial charge is 0.222 e. The third kappa shape index (κ3) is 2.80. The van der Waals surface area contributed by atoms with E-state index in [-0.39, 0.29) is 28.3 Å². The van der Waals surface area contributed by atoms with Gasteiger partial charge < -0.3 is 15.4 Å². The number of nitrogen functional groups attached to an aromatic ring is 1. The number of fused-ring (bicyclic) bond motifs is 3. The highest BCUT2D eigenvalue weighted by Crippen LogP contribution is 2.39. The van der Waals surface area contributed by atoms with E-state index in [0.717, 1.165) is 0 Å². The Hall–Kier alpha value is -3.53. The first-order chi connectivity index (χ1) is 14.0. The number of hydrogen-bond donors (Lipinski definition) is 1. The first-order valence-electron chi connectivity index (χ1n) is 8.70. The van der Waals surface area contributed by atoms with Gasteiger partial charge in [-0.2, -0.15) is 4.52 Å². The standard InChI is InChI=1S/C18H14ClFN8O/c1-27-6-7-29-14-13(27)15(19)26-28-17(24-25-18(14)28)12-16(21)22-8-11(23-12)9-2-4-10(20)5-3-9/h2-5,8H,6-7H2,1H3,(H2,21,22). The average Bonchev–Trinajstić information content (AvgIpc) is 3.13. The quantitative estimate of drug-likeness (QED) is 0.535. The second-order valence-electron chi connectivity index (χ2n) is 6.49. The molecule has 0 bridgehead atoms. The summed E-state index contributed by atoms with van der Waals surface area (Å²) in [4.78, 5) is 10.7. The number of hydrogen-bond acceptors (Lipinski definition) is 8. The topological polar surface area (TPSA) is 107 Å². The van der Waals surface area contributed by atoms with Gasteiger partial charge in [0.05, 0.1) is 18.4 Å². The molecule has 4 aromatic rings. The molecule has 0 unspecified atom stereocenters. The van der Waals surface area contributed by atoms with E-state index < -0.39 is 0 Å². The fourth-order valence-corrected chi connectivity index (χ4v) is 3.49. The van der Waals surface area contributed by atoms with Crippen molar-refractivity contribution in [1.29, 1.82) is 0 Å². The van der Waals surface area contributed by atoms with Crippen molar-refractivity contribution in [2.45, 2.75) is 0 Å². The lowest BCUT2D eigenvalue weighted by Gasteiger charge is -2.27. The van der Waals surface area contributed by atoms with Crippen LogP contribution in [0.5, 0.6) is 5.75 Å². The van der Waals surface area contributed by atoms with Crippen LogP contribution in [0.2, 0.25) is 5.15 Å². The predicted octanol–water partition coefficient (Wildman–Crippen LogP) is 2.45. The third-order valence-electron chi connectivity index (χ3n) is 4.65. The molecule has 1 aliphatic rings. The number of nitrogens with two attached hydrogens (primary N) is 1. The van der Waals surface area contributed by atoms with Crippen molar-refractivity contribution in [3.8, 4) is 28.5 Å². The highest BCUT2D eigenvalue weighted by atomic mass is 35.5. The summed E-state index contributed by atoms with van der Waals surface area (Å²) in [6.45, 7) is 1.17. The maximum absolute atomic E-state index is 13.2. The van der Waals surface area contributed by atoms with Gasteiger partial charge in [0.15, 0.2) is 22.4 Å². The molecule has 5 rings (SSSR count). The summed E-state index contributed by atoms with van der Waals surface area (Å²) in [6.07, 6.45) is 1.51. The molecule has 0 radical (unpaired) electrons. The molecule has 0 spiro atoms. The summed E-state index contributed by atoms with van der Waals surface area (Å²) in [5.74, 6) is 0.586. The second-order valence-corrected chi connectivity index (χ2v) is 6.85. The highest BCUT2D eigenvalue weighted by molar-refractivity contribution is 6.32. The van der Waals surface area contributed by atoms with Crippen LogP contribution < -0.4 is 15.4 Å². The molecule has 3 aromatic heterocycles. The molecule has 1 aromatic carbocycles. The van der Waals surface area contributed by atoms with Crippen LogP contribution in [0.3, 0.4) is 0 Å². The minimum absolute atomic E-state index is 0.152. The Kier molecular flexibility index (Phi) is 3.95. The zero-order valence-electron chi connectivity index (χ0n) is 15.2. The molecule has 146 valence electrons. The van der Waals surface area contributed by atoms with E-state index in [1.54, 1.807) is 12.1 Å². The fraction of sp³-hybridized carbons (Fsp3) is 0.167. The van der Waals surface area contributed by atoms with Crippen LogP contribution in [0.1, 0.15) is 0 Å². The average molecular weight is 413 g/mol. The number of halogens is 2. The molecule has 29 heavy (non-hydrogen) atoms. The van der Waals surface area contributed by atoms with E-state index in [1.807, 2.05) is 11.9 Å². The van der Waals surface area contributed by atoms with Gasteiger partial charge in [0.25, 0.3) is 0 Å². The summed E-state index contributed by atoms with van der Waals surface area (Å²) in [5, 5.41) is 13.0. The molecular formula is C18H14ClFN8O. The van der Waals surface area contributed by atoms with Gasteiger partial charge in [-0.25, -0.2) is 14.4 Å². The van der Waals surface area contributed by atoms with Gasteiger partial charge in [-0.15, -0.1) is 15.3 Å². The summed E-state index contributed by atoms with van der Waals surface area (Å²) >= 11 is 6.40. The Labute approximate surface area is 168 Å². The molecule has 0 fully saturated rings. The minimum Gasteiger partial charge on any atom is -0.486 e. The van der Waals surface area contributed by atoms with Gasteiger partial charge in [-0.05, 0) is 24.3 Å². The monoisotopic (exact) mass is 412 g/mol. The van der Waals surface area contributed by atoms with Crippen molar-refractivity contribution in [2.24, 2.45) is 0 Å². The lowest BCUT2D eigenvalue weighted by atomic mass is 10.1. The molecule has 4 heterocycles. The molecule has 0 aliphatic carbocycles. The van der Waals surface area contributed by atoms with Crippen LogP contribution in [-0.4, -0.2) is 50.0 Å². The van der Waals surface area contributed by atoms with Gasteiger partial charge in [0.1, 0.15) is 18.1 Å². The normalized spacial score (nSPS) is 13.4. The zero-order chi connectivity index (χ0) is 20.1. The molecule has 0 saturated heterocycles. The summed E-state index contributed by atoms with van der Waals surface area (Å²) < 4.78 is 20.5. The van der Waals surface area contributed by atoms with Crippen LogP contribution in [0.4, 0.5) is 15.9 Å². The third-order valence-corrected chi connectivity index (χ3v) is 4.90. The molecule has 0 amide bonds. The Morgan fingerprint density at radius 1 is 1.21 bits per heavy atom. The number of benzene rings is 1. The Bertz CT molecular complexity index is 1240. The minimum atomic E-state index is -0.339. The Morgan fingerprint density at radius 2 is 2.00 bits per heavy atom. The number of ether oxygens (including phenoxy) is 1.